The van der Waals surface area contributed by atoms with Crippen LogP contribution in [0.2, 0.25) is 5.02 Å². The molecule has 0 fully saturated rings. The van der Waals surface area contributed by atoms with Gasteiger partial charge in [0.15, 0.2) is 0 Å². The highest BCUT2D eigenvalue weighted by molar-refractivity contribution is 6.30. The van der Waals surface area contributed by atoms with Crippen LogP contribution in [0, 0.1) is 0 Å². The van der Waals surface area contributed by atoms with E-state index in [1.165, 1.54) is 11.1 Å². The van der Waals surface area contributed by atoms with Crippen LogP contribution in [0.1, 0.15) is 38.1 Å². The Bertz CT molecular complexity index is 516. The maximum atomic E-state index is 12.5. The Balaban J connectivity index is 3.02. The number of hydrogen-bond donors (Lipinski definition) is 1. The minimum atomic E-state index is -0.548. The molecule has 2 amide bonds. The Hall–Kier alpha value is -1.81. The van der Waals surface area contributed by atoms with E-state index in [-0.39, 0.29) is 11.8 Å². The fourth-order valence-corrected chi connectivity index (χ4v) is 1.67. The number of amides is 2. The van der Waals surface area contributed by atoms with Gasteiger partial charge in [0.05, 0.1) is 5.54 Å². The predicted molar refractivity (Wildman–Crippen MR) is 80.3 cm³/mol. The minimum Gasteiger partial charge on any atom is -0.268 e. The number of hydrogen-bond acceptors (Lipinski definition) is 2. The number of hydrazine groups is 1. The van der Waals surface area contributed by atoms with Crippen molar-refractivity contribution in [3.05, 3.63) is 47.0 Å². The van der Waals surface area contributed by atoms with Gasteiger partial charge < -0.3 is 0 Å². The molecule has 0 heterocycles. The van der Waals surface area contributed by atoms with Crippen LogP contribution in [0.4, 0.5) is 0 Å². The third-order valence-corrected chi connectivity index (χ3v) is 2.76. The summed E-state index contributed by atoms with van der Waals surface area (Å²) >= 11 is 5.81. The first-order valence-electron chi connectivity index (χ1n) is 6.29. The van der Waals surface area contributed by atoms with Crippen LogP contribution in [0.5, 0.6) is 0 Å². The molecule has 108 valence electrons. The Morgan fingerprint density at radius 2 is 1.75 bits per heavy atom. The Kier molecular flexibility index (Phi) is 5.34. The predicted octanol–water partition coefficient (Wildman–Crippen LogP) is 3.19. The summed E-state index contributed by atoms with van der Waals surface area (Å²) in [5, 5.41) is 1.88. The van der Waals surface area contributed by atoms with Crippen molar-refractivity contribution in [1.29, 1.82) is 0 Å². The van der Waals surface area contributed by atoms with Crippen LogP contribution in [0.25, 0.3) is 0 Å². The molecule has 0 aliphatic heterocycles. The highest BCUT2D eigenvalue weighted by Gasteiger charge is 2.28. The van der Waals surface area contributed by atoms with E-state index in [1.54, 1.807) is 37.3 Å². The Morgan fingerprint density at radius 1 is 1.20 bits per heavy atom. The largest absolute Gasteiger partial charge is 0.272 e. The molecule has 0 bridgehead atoms. The monoisotopic (exact) mass is 294 g/mol. The third-order valence-electron chi connectivity index (χ3n) is 2.51. The van der Waals surface area contributed by atoms with Gasteiger partial charge in [-0.3, -0.25) is 15.0 Å². The number of nitrogens with zero attached hydrogens (tertiary/aromatic N) is 1. The number of benzene rings is 1. The molecular formula is C15H19ClN2O2. The maximum Gasteiger partial charge on any atom is 0.272 e. The van der Waals surface area contributed by atoms with Gasteiger partial charge in [0, 0.05) is 16.7 Å². The quantitative estimate of drug-likeness (QED) is 0.673. The summed E-state index contributed by atoms with van der Waals surface area (Å²) < 4.78 is 0. The summed E-state index contributed by atoms with van der Waals surface area (Å²) in [7, 11) is 0. The summed E-state index contributed by atoms with van der Waals surface area (Å²) in [6.07, 6.45) is 2.98. The number of carbonyl (C=O) groups is 2. The Labute approximate surface area is 124 Å². The molecule has 20 heavy (non-hydrogen) atoms. The fourth-order valence-electron chi connectivity index (χ4n) is 1.54. The molecule has 0 spiro atoms. The standard InChI is InChI=1S/C15H19ClN2O2/c1-5-6-13(19)17-18(15(2,3)4)14(20)11-7-9-12(16)10-8-11/h5-10H,1-4H3,(H,17,19)/b6-5+. The molecular weight excluding hydrogens is 276 g/mol. The van der Waals surface area contributed by atoms with Crippen molar-refractivity contribution in [2.24, 2.45) is 0 Å². The van der Waals surface area contributed by atoms with Gasteiger partial charge in [-0.05, 0) is 52.0 Å². The van der Waals surface area contributed by atoms with E-state index >= 15 is 0 Å². The fraction of sp³-hybridized carbons (Fsp3) is 0.333. The zero-order valence-corrected chi connectivity index (χ0v) is 12.9. The molecule has 0 aliphatic rings. The molecule has 0 radical (unpaired) electrons. The van der Waals surface area contributed by atoms with Gasteiger partial charge in [0.25, 0.3) is 11.8 Å². The lowest BCUT2D eigenvalue weighted by molar-refractivity contribution is -0.122. The highest BCUT2D eigenvalue weighted by Crippen LogP contribution is 2.17. The first-order valence-corrected chi connectivity index (χ1v) is 6.67. The lowest BCUT2D eigenvalue weighted by Crippen LogP contribution is -2.55. The second kappa shape index (κ2) is 6.57. The van der Waals surface area contributed by atoms with Crippen LogP contribution in [-0.2, 0) is 4.79 Å². The number of allylic oxidation sites excluding steroid dienone is 1. The van der Waals surface area contributed by atoms with Gasteiger partial charge in [-0.2, -0.15) is 0 Å². The van der Waals surface area contributed by atoms with E-state index in [4.69, 9.17) is 11.6 Å². The zero-order valence-electron chi connectivity index (χ0n) is 12.1. The molecule has 5 heteroatoms. The number of halogens is 1. The minimum absolute atomic E-state index is 0.285. The van der Waals surface area contributed by atoms with Crippen LogP contribution in [0.3, 0.4) is 0 Å². The van der Waals surface area contributed by atoms with Crippen molar-refractivity contribution in [2.45, 2.75) is 33.2 Å². The average Bonchev–Trinajstić information content (AvgIpc) is 2.35. The third kappa shape index (κ3) is 4.38. The van der Waals surface area contributed by atoms with E-state index in [0.29, 0.717) is 10.6 Å². The van der Waals surface area contributed by atoms with Crippen molar-refractivity contribution < 1.29 is 9.59 Å². The summed E-state index contributed by atoms with van der Waals surface area (Å²) in [5.41, 5.74) is 2.51. The van der Waals surface area contributed by atoms with Crippen molar-refractivity contribution >= 4 is 23.4 Å². The van der Waals surface area contributed by atoms with Gasteiger partial charge in [-0.1, -0.05) is 17.7 Å². The lowest BCUT2D eigenvalue weighted by atomic mass is 10.1. The number of carbonyl (C=O) groups excluding carboxylic acids is 2. The SMILES string of the molecule is C/C=C/C(=O)NN(C(=O)c1ccc(Cl)cc1)C(C)(C)C. The van der Waals surface area contributed by atoms with E-state index in [1.807, 2.05) is 20.8 Å². The van der Waals surface area contributed by atoms with Crippen LogP contribution in [-0.4, -0.2) is 22.4 Å². The Morgan fingerprint density at radius 3 is 2.20 bits per heavy atom. The summed E-state index contributed by atoms with van der Waals surface area (Å²) in [5.74, 6) is -0.628. The molecule has 0 aliphatic carbocycles. The van der Waals surface area contributed by atoms with Gasteiger partial charge in [-0.25, -0.2) is 5.01 Å². The second-order valence-electron chi connectivity index (χ2n) is 5.29. The smallest absolute Gasteiger partial charge is 0.268 e. The van der Waals surface area contributed by atoms with Crippen molar-refractivity contribution in [1.82, 2.24) is 10.4 Å². The van der Waals surface area contributed by atoms with Gasteiger partial charge in [0.2, 0.25) is 0 Å². The normalized spacial score (nSPS) is 11.4. The van der Waals surface area contributed by atoms with E-state index in [0.717, 1.165) is 0 Å². The van der Waals surface area contributed by atoms with Crippen LogP contribution < -0.4 is 5.43 Å². The van der Waals surface area contributed by atoms with Gasteiger partial charge in [-0.15, -0.1) is 0 Å². The van der Waals surface area contributed by atoms with Crippen molar-refractivity contribution in [2.75, 3.05) is 0 Å². The maximum absolute atomic E-state index is 12.5. The number of rotatable bonds is 2. The van der Waals surface area contributed by atoms with Crippen molar-refractivity contribution in [3.63, 3.8) is 0 Å². The average molecular weight is 295 g/mol. The van der Waals surface area contributed by atoms with Crippen LogP contribution >= 0.6 is 11.6 Å². The molecule has 0 atom stereocenters. The molecule has 1 N–H and O–H groups in total. The summed E-state index contributed by atoms with van der Waals surface area (Å²) in [6, 6.07) is 6.54. The molecule has 1 aromatic carbocycles. The van der Waals surface area contributed by atoms with E-state index < -0.39 is 5.54 Å². The summed E-state index contributed by atoms with van der Waals surface area (Å²) in [4.78, 5) is 24.2. The molecule has 1 aromatic rings. The first kappa shape index (κ1) is 16.2. The van der Waals surface area contributed by atoms with Crippen molar-refractivity contribution in [3.8, 4) is 0 Å². The molecule has 0 aromatic heterocycles. The first-order chi connectivity index (χ1) is 9.25. The lowest BCUT2D eigenvalue weighted by Gasteiger charge is -2.35. The van der Waals surface area contributed by atoms with E-state index in [9.17, 15) is 9.59 Å². The molecule has 0 saturated heterocycles. The van der Waals surface area contributed by atoms with Gasteiger partial charge in [0.1, 0.15) is 0 Å². The second-order valence-corrected chi connectivity index (χ2v) is 5.73. The van der Waals surface area contributed by atoms with E-state index in [2.05, 4.69) is 5.43 Å². The summed E-state index contributed by atoms with van der Waals surface area (Å²) in [6.45, 7) is 7.27. The number of nitrogens with one attached hydrogen (secondary N) is 1. The molecule has 0 unspecified atom stereocenters. The van der Waals surface area contributed by atoms with Crippen LogP contribution in [0.15, 0.2) is 36.4 Å². The highest BCUT2D eigenvalue weighted by atomic mass is 35.5. The topological polar surface area (TPSA) is 49.4 Å². The van der Waals surface area contributed by atoms with Gasteiger partial charge >= 0.3 is 0 Å². The molecule has 0 saturated carbocycles. The molecule has 1 rings (SSSR count). The zero-order chi connectivity index (χ0) is 15.3. The molecule has 4 nitrogen and oxygen atoms in total.